The quantitative estimate of drug-likeness (QED) is 0.607. The lowest BCUT2D eigenvalue weighted by Crippen LogP contribution is -2.43. The van der Waals surface area contributed by atoms with E-state index in [0.717, 1.165) is 10.0 Å². The smallest absolute Gasteiger partial charge is 0.338 e. The van der Waals surface area contributed by atoms with Crippen LogP contribution in [0.25, 0.3) is 0 Å². The zero-order valence-corrected chi connectivity index (χ0v) is 17.6. The Bertz CT molecular complexity index is 950. The highest BCUT2D eigenvalue weighted by atomic mass is 79.9. The molecule has 3 unspecified atom stereocenters. The van der Waals surface area contributed by atoms with Crippen molar-refractivity contribution >= 4 is 27.7 Å². The van der Waals surface area contributed by atoms with Crippen LogP contribution in [0.4, 0.5) is 0 Å². The minimum Gasteiger partial charge on any atom is -0.493 e. The molecule has 3 atom stereocenters. The molecular weight excluding hydrogens is 436 g/mol. The Morgan fingerprint density at radius 1 is 1.14 bits per heavy atom. The fourth-order valence-electron chi connectivity index (χ4n) is 3.68. The average Bonchev–Trinajstić information content (AvgIpc) is 2.72. The average molecular weight is 457 g/mol. The van der Waals surface area contributed by atoms with Gasteiger partial charge in [0, 0.05) is 10.9 Å². The van der Waals surface area contributed by atoms with Gasteiger partial charge in [-0.2, -0.15) is 0 Å². The Hall–Kier alpha value is -2.60. The Kier molecular flexibility index (Phi) is 5.72. The van der Waals surface area contributed by atoms with Gasteiger partial charge in [-0.25, -0.2) is 4.79 Å². The van der Waals surface area contributed by atoms with Gasteiger partial charge in [0.15, 0.2) is 0 Å². The molecule has 29 heavy (non-hydrogen) atoms. The lowest BCUT2D eigenvalue weighted by molar-refractivity contribution is -0.132. The molecule has 0 N–H and O–H groups in total. The van der Waals surface area contributed by atoms with Crippen LogP contribution in [0.1, 0.15) is 35.2 Å². The van der Waals surface area contributed by atoms with Crippen molar-refractivity contribution in [3.05, 3.63) is 76.2 Å². The normalized spacial score (nSPS) is 23.4. The zero-order chi connectivity index (χ0) is 20.4. The molecule has 1 heterocycles. The van der Waals surface area contributed by atoms with E-state index in [9.17, 15) is 9.59 Å². The topological polar surface area (TPSA) is 61.8 Å². The molecule has 1 fully saturated rings. The molecule has 2 aliphatic rings. The first-order chi connectivity index (χ1) is 14.0. The first-order valence-corrected chi connectivity index (χ1v) is 10.4. The monoisotopic (exact) mass is 456 g/mol. The summed E-state index contributed by atoms with van der Waals surface area (Å²) in [6, 6.07) is 14.6. The van der Waals surface area contributed by atoms with Gasteiger partial charge >= 0.3 is 5.97 Å². The summed E-state index contributed by atoms with van der Waals surface area (Å²) in [4.78, 5) is 25.2. The lowest BCUT2D eigenvalue weighted by Gasteiger charge is -2.36. The molecule has 0 spiro atoms. The molecule has 2 aromatic carbocycles. The Morgan fingerprint density at radius 3 is 2.69 bits per heavy atom. The lowest BCUT2D eigenvalue weighted by atomic mass is 9.80. The molecule has 0 saturated heterocycles. The van der Waals surface area contributed by atoms with E-state index < -0.39 is 0 Å². The van der Waals surface area contributed by atoms with Gasteiger partial charge in [-0.3, -0.25) is 4.79 Å². The summed E-state index contributed by atoms with van der Waals surface area (Å²) in [7, 11) is 0. The van der Waals surface area contributed by atoms with E-state index in [1.165, 1.54) is 6.26 Å². The number of carbonyl (C=O) groups excluding carboxylic acids is 2. The van der Waals surface area contributed by atoms with Crippen LogP contribution in [0.3, 0.4) is 0 Å². The Morgan fingerprint density at radius 2 is 1.93 bits per heavy atom. The van der Waals surface area contributed by atoms with Crippen molar-refractivity contribution in [1.29, 1.82) is 0 Å². The molecule has 1 aliphatic heterocycles. The molecule has 0 radical (unpaired) electrons. The molecule has 6 heteroatoms. The van der Waals surface area contributed by atoms with Crippen LogP contribution < -0.4 is 4.74 Å². The molecule has 1 saturated carbocycles. The van der Waals surface area contributed by atoms with Crippen molar-refractivity contribution < 1.29 is 23.8 Å². The third kappa shape index (κ3) is 4.53. The summed E-state index contributed by atoms with van der Waals surface area (Å²) in [5.41, 5.74) is 1.61. The van der Waals surface area contributed by atoms with E-state index in [-0.39, 0.29) is 35.6 Å². The number of rotatable bonds is 4. The summed E-state index contributed by atoms with van der Waals surface area (Å²) >= 11 is 3.36. The maximum atomic E-state index is 12.8. The number of esters is 1. The number of halogens is 1. The highest BCUT2D eigenvalue weighted by Crippen LogP contribution is 2.35. The molecular formula is C23H21BrO5. The van der Waals surface area contributed by atoms with Gasteiger partial charge in [-0.05, 0) is 50.1 Å². The van der Waals surface area contributed by atoms with Gasteiger partial charge < -0.3 is 14.2 Å². The van der Waals surface area contributed by atoms with Gasteiger partial charge in [0.1, 0.15) is 24.2 Å². The van der Waals surface area contributed by atoms with Crippen LogP contribution >= 0.6 is 15.9 Å². The van der Waals surface area contributed by atoms with Crippen LogP contribution in [0.15, 0.2) is 65.0 Å². The molecule has 0 bridgehead atoms. The van der Waals surface area contributed by atoms with E-state index in [0.29, 0.717) is 30.6 Å². The minimum absolute atomic E-state index is 0.0569. The van der Waals surface area contributed by atoms with Crippen molar-refractivity contribution in [2.75, 3.05) is 0 Å². The molecule has 5 nitrogen and oxygen atoms in total. The van der Waals surface area contributed by atoms with Crippen molar-refractivity contribution in [3.63, 3.8) is 0 Å². The molecule has 0 aromatic heterocycles. The summed E-state index contributed by atoms with van der Waals surface area (Å²) in [5.74, 6) is 0.129. The zero-order valence-electron chi connectivity index (χ0n) is 16.0. The Labute approximate surface area is 177 Å². The number of allylic oxidation sites excluding steroid dienone is 1. The van der Waals surface area contributed by atoms with E-state index in [2.05, 4.69) is 15.9 Å². The molecule has 1 aliphatic carbocycles. The van der Waals surface area contributed by atoms with Crippen molar-refractivity contribution in [2.24, 2.45) is 5.92 Å². The van der Waals surface area contributed by atoms with E-state index in [1.807, 2.05) is 37.3 Å². The summed E-state index contributed by atoms with van der Waals surface area (Å²) in [6.07, 6.45) is 2.51. The highest BCUT2D eigenvalue weighted by molar-refractivity contribution is 9.10. The van der Waals surface area contributed by atoms with Crippen molar-refractivity contribution in [1.82, 2.24) is 0 Å². The number of benzene rings is 2. The predicted molar refractivity (Wildman–Crippen MR) is 110 cm³/mol. The number of hydrogen-bond donors (Lipinski definition) is 0. The minimum atomic E-state index is -0.365. The van der Waals surface area contributed by atoms with Crippen molar-refractivity contribution in [2.45, 2.75) is 38.4 Å². The second kappa shape index (κ2) is 8.41. The van der Waals surface area contributed by atoms with Gasteiger partial charge in [0.05, 0.1) is 11.5 Å². The largest absolute Gasteiger partial charge is 0.493 e. The van der Waals surface area contributed by atoms with Gasteiger partial charge in [0.25, 0.3) is 0 Å². The van der Waals surface area contributed by atoms with E-state index >= 15 is 0 Å². The SMILES string of the molecule is Cc1ccc(OC2=COC3CC(OC(=O)c4cccc(Br)c4)CCC3C2=O)cc1. The van der Waals surface area contributed by atoms with Crippen LogP contribution in [0.5, 0.6) is 5.75 Å². The molecule has 2 aromatic rings. The molecule has 150 valence electrons. The number of carbonyl (C=O) groups is 2. The maximum Gasteiger partial charge on any atom is 0.338 e. The maximum absolute atomic E-state index is 12.8. The molecule has 0 amide bonds. The number of ether oxygens (including phenoxy) is 3. The van der Waals surface area contributed by atoms with Gasteiger partial charge in [-0.15, -0.1) is 0 Å². The summed E-state index contributed by atoms with van der Waals surface area (Å²) < 4.78 is 18.0. The number of Topliss-reactive ketones (excluding diaryl/α,β-unsaturated/α-hetero) is 1. The first kappa shape index (κ1) is 19.7. The predicted octanol–water partition coefficient (Wildman–Crippen LogP) is 4.97. The summed E-state index contributed by atoms with van der Waals surface area (Å²) in [6.45, 7) is 1.99. The molecule has 4 rings (SSSR count). The van der Waals surface area contributed by atoms with E-state index in [1.54, 1.807) is 18.2 Å². The fourth-order valence-corrected chi connectivity index (χ4v) is 4.08. The highest BCUT2D eigenvalue weighted by Gasteiger charge is 2.42. The van der Waals surface area contributed by atoms with Gasteiger partial charge in [0.2, 0.25) is 11.5 Å². The third-order valence-electron chi connectivity index (χ3n) is 5.26. The van der Waals surface area contributed by atoms with E-state index in [4.69, 9.17) is 14.2 Å². The number of hydrogen-bond acceptors (Lipinski definition) is 5. The van der Waals surface area contributed by atoms with Crippen LogP contribution in [0.2, 0.25) is 0 Å². The second-order valence-corrected chi connectivity index (χ2v) is 8.31. The van der Waals surface area contributed by atoms with Crippen LogP contribution in [-0.4, -0.2) is 24.0 Å². The first-order valence-electron chi connectivity index (χ1n) is 9.60. The fraction of sp³-hybridized carbons (Fsp3) is 0.304. The number of aryl methyl sites for hydroxylation is 1. The third-order valence-corrected chi connectivity index (χ3v) is 5.75. The van der Waals surface area contributed by atoms with Crippen LogP contribution in [0, 0.1) is 12.8 Å². The standard InChI is InChI=1S/C23H21BrO5/c1-14-5-7-17(8-6-14)28-21-13-27-20-12-18(9-10-19(20)22(21)25)29-23(26)15-3-2-4-16(24)11-15/h2-8,11,13,18-20H,9-10,12H2,1H3. The number of fused-ring (bicyclic) bond motifs is 1. The number of ketones is 1. The second-order valence-electron chi connectivity index (χ2n) is 7.39. The Balaban J connectivity index is 1.38. The summed E-state index contributed by atoms with van der Waals surface area (Å²) in [5, 5.41) is 0. The van der Waals surface area contributed by atoms with Crippen LogP contribution in [-0.2, 0) is 14.3 Å². The van der Waals surface area contributed by atoms with Crippen molar-refractivity contribution in [3.8, 4) is 5.75 Å². The van der Waals surface area contributed by atoms with Gasteiger partial charge in [-0.1, -0.05) is 39.7 Å².